The molecule has 1 amide bonds. The number of hydrogen-bond donors (Lipinski definition) is 2. The van der Waals surface area contributed by atoms with Gasteiger partial charge >= 0.3 is 0 Å². The van der Waals surface area contributed by atoms with Crippen LogP contribution in [0, 0.1) is 0 Å². The van der Waals surface area contributed by atoms with Crippen LogP contribution in [-0.2, 0) is 4.79 Å². The van der Waals surface area contributed by atoms with E-state index >= 15 is 0 Å². The van der Waals surface area contributed by atoms with Crippen molar-refractivity contribution >= 4 is 5.91 Å². The minimum absolute atomic E-state index is 0.00573. The zero-order valence-electron chi connectivity index (χ0n) is 12.9. The molecule has 1 atom stereocenters. The molecule has 0 aromatic heterocycles. The van der Waals surface area contributed by atoms with Crippen LogP contribution in [0.5, 0.6) is 11.5 Å². The number of carbonyl (C=O) groups is 1. The van der Waals surface area contributed by atoms with E-state index < -0.39 is 0 Å². The SMILES string of the molecule is CC(C)NC(=O)CNC(C)c1ccc2c(c1)OCCCO2. The lowest BCUT2D eigenvalue weighted by atomic mass is 10.1. The Morgan fingerprint density at radius 1 is 1.19 bits per heavy atom. The number of benzene rings is 1. The van der Waals surface area contributed by atoms with Gasteiger partial charge in [-0.15, -0.1) is 0 Å². The van der Waals surface area contributed by atoms with Crippen molar-refractivity contribution in [2.75, 3.05) is 19.8 Å². The normalized spacial score (nSPS) is 15.4. The Morgan fingerprint density at radius 3 is 2.62 bits per heavy atom. The summed E-state index contributed by atoms with van der Waals surface area (Å²) in [5.41, 5.74) is 1.08. The average molecular weight is 292 g/mol. The Hall–Kier alpha value is -1.75. The number of hydrogen-bond acceptors (Lipinski definition) is 4. The Kier molecular flexibility index (Phi) is 5.44. The van der Waals surface area contributed by atoms with E-state index in [1.807, 2.05) is 39.0 Å². The van der Waals surface area contributed by atoms with E-state index in [9.17, 15) is 4.79 Å². The Morgan fingerprint density at radius 2 is 1.90 bits per heavy atom. The number of rotatable bonds is 5. The van der Waals surface area contributed by atoms with Gasteiger partial charge in [-0.05, 0) is 38.5 Å². The molecule has 116 valence electrons. The second-order valence-corrected chi connectivity index (χ2v) is 5.58. The molecule has 1 aromatic rings. The van der Waals surface area contributed by atoms with Crippen molar-refractivity contribution in [1.29, 1.82) is 0 Å². The topological polar surface area (TPSA) is 59.6 Å². The van der Waals surface area contributed by atoms with Gasteiger partial charge in [0.2, 0.25) is 5.91 Å². The molecule has 5 nitrogen and oxygen atoms in total. The smallest absolute Gasteiger partial charge is 0.234 e. The summed E-state index contributed by atoms with van der Waals surface area (Å²) in [6, 6.07) is 6.15. The van der Waals surface area contributed by atoms with Crippen molar-refractivity contribution in [1.82, 2.24) is 10.6 Å². The average Bonchev–Trinajstić information content (AvgIpc) is 2.68. The van der Waals surface area contributed by atoms with Gasteiger partial charge in [0.05, 0.1) is 19.8 Å². The van der Waals surface area contributed by atoms with Crippen LogP contribution in [0.15, 0.2) is 18.2 Å². The van der Waals surface area contributed by atoms with Gasteiger partial charge in [-0.25, -0.2) is 0 Å². The molecule has 0 saturated carbocycles. The maximum atomic E-state index is 11.6. The van der Waals surface area contributed by atoms with E-state index in [0.717, 1.165) is 23.5 Å². The Bertz CT molecular complexity index is 488. The first-order valence-electron chi connectivity index (χ1n) is 7.48. The maximum absolute atomic E-state index is 11.6. The third kappa shape index (κ3) is 4.63. The van der Waals surface area contributed by atoms with Gasteiger partial charge in [0.1, 0.15) is 0 Å². The number of nitrogens with one attached hydrogen (secondary N) is 2. The molecular formula is C16H24N2O3. The summed E-state index contributed by atoms with van der Waals surface area (Å²) in [5, 5.41) is 6.08. The summed E-state index contributed by atoms with van der Waals surface area (Å²) in [5.74, 6) is 1.58. The van der Waals surface area contributed by atoms with Gasteiger partial charge in [0.25, 0.3) is 0 Å². The summed E-state index contributed by atoms with van der Waals surface area (Å²) in [6.45, 7) is 7.59. The van der Waals surface area contributed by atoms with Gasteiger partial charge in [0, 0.05) is 18.5 Å². The first-order valence-corrected chi connectivity index (χ1v) is 7.48. The van der Waals surface area contributed by atoms with Crippen LogP contribution in [0.25, 0.3) is 0 Å². The predicted octanol–water partition coefficient (Wildman–Crippen LogP) is 2.02. The van der Waals surface area contributed by atoms with Crippen LogP contribution in [0.2, 0.25) is 0 Å². The molecule has 1 aromatic carbocycles. The van der Waals surface area contributed by atoms with Crippen molar-refractivity contribution in [2.45, 2.75) is 39.3 Å². The lowest BCUT2D eigenvalue weighted by Crippen LogP contribution is -2.38. The molecule has 5 heteroatoms. The minimum atomic E-state index is 0.00573. The van der Waals surface area contributed by atoms with E-state index in [-0.39, 0.29) is 18.0 Å². The van der Waals surface area contributed by atoms with Gasteiger partial charge in [-0.1, -0.05) is 6.07 Å². The third-order valence-corrected chi connectivity index (χ3v) is 3.29. The summed E-state index contributed by atoms with van der Waals surface area (Å²) in [6.07, 6.45) is 0.896. The maximum Gasteiger partial charge on any atom is 0.234 e. The van der Waals surface area contributed by atoms with E-state index in [1.54, 1.807) is 0 Å². The fraction of sp³-hybridized carbons (Fsp3) is 0.562. The third-order valence-electron chi connectivity index (χ3n) is 3.29. The summed E-state index contributed by atoms with van der Waals surface area (Å²) in [4.78, 5) is 11.6. The van der Waals surface area contributed by atoms with Crippen molar-refractivity contribution in [3.63, 3.8) is 0 Å². The van der Waals surface area contributed by atoms with Crippen LogP contribution in [0.4, 0.5) is 0 Å². The predicted molar refractivity (Wildman–Crippen MR) is 81.7 cm³/mol. The highest BCUT2D eigenvalue weighted by atomic mass is 16.5. The largest absolute Gasteiger partial charge is 0.490 e. The minimum Gasteiger partial charge on any atom is -0.490 e. The molecule has 0 saturated heterocycles. The highest BCUT2D eigenvalue weighted by molar-refractivity contribution is 5.78. The second-order valence-electron chi connectivity index (χ2n) is 5.58. The Balaban J connectivity index is 1.95. The number of ether oxygens (including phenoxy) is 2. The van der Waals surface area contributed by atoms with Gasteiger partial charge < -0.3 is 20.1 Å². The molecule has 1 aliphatic heterocycles. The summed E-state index contributed by atoms with van der Waals surface area (Å²) in [7, 11) is 0. The molecule has 0 aliphatic carbocycles. The molecule has 21 heavy (non-hydrogen) atoms. The molecule has 0 fully saturated rings. The van der Waals surface area contributed by atoms with Gasteiger partial charge in [-0.2, -0.15) is 0 Å². The standard InChI is InChI=1S/C16H24N2O3/c1-11(2)18-16(19)10-17-12(3)13-5-6-14-15(9-13)21-8-4-7-20-14/h5-6,9,11-12,17H,4,7-8,10H2,1-3H3,(H,18,19). The van der Waals surface area contributed by atoms with Crippen LogP contribution < -0.4 is 20.1 Å². The number of fused-ring (bicyclic) bond motifs is 1. The van der Waals surface area contributed by atoms with Gasteiger partial charge in [-0.3, -0.25) is 4.79 Å². The monoisotopic (exact) mass is 292 g/mol. The van der Waals surface area contributed by atoms with E-state index in [4.69, 9.17) is 9.47 Å². The zero-order chi connectivity index (χ0) is 15.2. The number of amides is 1. The van der Waals surface area contributed by atoms with Crippen LogP contribution in [0.3, 0.4) is 0 Å². The van der Waals surface area contributed by atoms with Crippen molar-refractivity contribution < 1.29 is 14.3 Å². The molecule has 0 radical (unpaired) electrons. The van der Waals surface area contributed by atoms with E-state index in [1.165, 1.54) is 0 Å². The van der Waals surface area contributed by atoms with Crippen LogP contribution >= 0.6 is 0 Å². The Labute approximate surface area is 126 Å². The van der Waals surface area contributed by atoms with E-state index in [0.29, 0.717) is 19.8 Å². The molecule has 0 bridgehead atoms. The van der Waals surface area contributed by atoms with Crippen molar-refractivity contribution in [3.05, 3.63) is 23.8 Å². The van der Waals surface area contributed by atoms with Crippen LogP contribution in [0.1, 0.15) is 38.8 Å². The summed E-state index contributed by atoms with van der Waals surface area (Å²) >= 11 is 0. The molecule has 2 N–H and O–H groups in total. The van der Waals surface area contributed by atoms with Crippen molar-refractivity contribution in [2.24, 2.45) is 0 Å². The lowest BCUT2D eigenvalue weighted by Gasteiger charge is -2.17. The zero-order valence-corrected chi connectivity index (χ0v) is 12.9. The second kappa shape index (κ2) is 7.31. The lowest BCUT2D eigenvalue weighted by molar-refractivity contribution is -0.120. The fourth-order valence-corrected chi connectivity index (χ4v) is 2.19. The first-order chi connectivity index (χ1) is 10.1. The number of carbonyl (C=O) groups excluding carboxylic acids is 1. The quantitative estimate of drug-likeness (QED) is 0.872. The first kappa shape index (κ1) is 15.6. The highest BCUT2D eigenvalue weighted by Crippen LogP contribution is 2.32. The van der Waals surface area contributed by atoms with Crippen LogP contribution in [-0.4, -0.2) is 31.7 Å². The molecule has 1 aliphatic rings. The molecule has 1 unspecified atom stereocenters. The van der Waals surface area contributed by atoms with Gasteiger partial charge in [0.15, 0.2) is 11.5 Å². The summed E-state index contributed by atoms with van der Waals surface area (Å²) < 4.78 is 11.3. The molecule has 2 rings (SSSR count). The molecular weight excluding hydrogens is 268 g/mol. The highest BCUT2D eigenvalue weighted by Gasteiger charge is 2.14. The van der Waals surface area contributed by atoms with Crippen molar-refractivity contribution in [3.8, 4) is 11.5 Å². The molecule has 1 heterocycles. The molecule has 0 spiro atoms. The fourth-order valence-electron chi connectivity index (χ4n) is 2.19. The van der Waals surface area contributed by atoms with E-state index in [2.05, 4.69) is 10.6 Å².